The Morgan fingerprint density at radius 1 is 1.19 bits per heavy atom. The molecular formula is C17H18BrNO2. The van der Waals surface area contributed by atoms with Gasteiger partial charge >= 0.3 is 0 Å². The predicted molar refractivity (Wildman–Crippen MR) is 89.2 cm³/mol. The highest BCUT2D eigenvalue weighted by molar-refractivity contribution is 9.10. The molecule has 2 rings (SSSR count). The second-order valence-electron chi connectivity index (χ2n) is 5.04. The monoisotopic (exact) mass is 347 g/mol. The summed E-state index contributed by atoms with van der Waals surface area (Å²) in [6.45, 7) is 4.20. The highest BCUT2D eigenvalue weighted by Crippen LogP contribution is 2.27. The van der Waals surface area contributed by atoms with Gasteiger partial charge < -0.3 is 10.1 Å². The van der Waals surface area contributed by atoms with Gasteiger partial charge in [0.05, 0.1) is 12.7 Å². The summed E-state index contributed by atoms with van der Waals surface area (Å²) in [6, 6.07) is 13.2. The number of carbonyl (C=O) groups excluding carboxylic acids is 1. The maximum Gasteiger partial charge on any atom is 0.259 e. The second kappa shape index (κ2) is 6.76. The Balaban J connectivity index is 2.31. The fourth-order valence-electron chi connectivity index (χ4n) is 2.16. The lowest BCUT2D eigenvalue weighted by Gasteiger charge is -2.15. The van der Waals surface area contributed by atoms with E-state index in [0.29, 0.717) is 17.2 Å². The predicted octanol–water partition coefficient (Wildman–Crippen LogP) is 4.83. The molecule has 110 valence electrons. The van der Waals surface area contributed by atoms with E-state index in [1.807, 2.05) is 30.3 Å². The minimum absolute atomic E-state index is 0.174. The number of para-hydroxylation sites is 1. The number of amides is 1. The molecule has 0 radical (unpaired) electrons. The molecule has 0 heterocycles. The summed E-state index contributed by atoms with van der Waals surface area (Å²) >= 11 is 3.37. The van der Waals surface area contributed by atoms with Crippen molar-refractivity contribution in [1.29, 1.82) is 0 Å². The number of methoxy groups -OCH3 is 1. The Hall–Kier alpha value is -1.81. The van der Waals surface area contributed by atoms with Crippen molar-refractivity contribution in [2.24, 2.45) is 0 Å². The van der Waals surface area contributed by atoms with Crippen LogP contribution in [0.5, 0.6) is 5.75 Å². The van der Waals surface area contributed by atoms with Crippen LogP contribution in [-0.2, 0) is 0 Å². The standard InChI is InChI=1S/C17H18BrNO2/c1-11(2)13-6-4-5-7-15(13)19-17(20)14-9-8-12(18)10-16(14)21-3/h4-11H,1-3H3,(H,19,20). The van der Waals surface area contributed by atoms with Crippen molar-refractivity contribution in [3.05, 3.63) is 58.1 Å². The van der Waals surface area contributed by atoms with Crippen LogP contribution in [-0.4, -0.2) is 13.0 Å². The zero-order chi connectivity index (χ0) is 15.4. The first-order valence-corrected chi connectivity index (χ1v) is 7.56. The molecule has 0 aliphatic carbocycles. The zero-order valence-corrected chi connectivity index (χ0v) is 13.9. The second-order valence-corrected chi connectivity index (χ2v) is 5.96. The van der Waals surface area contributed by atoms with Gasteiger partial charge in [0.2, 0.25) is 0 Å². The highest BCUT2D eigenvalue weighted by Gasteiger charge is 2.15. The lowest BCUT2D eigenvalue weighted by Crippen LogP contribution is -2.14. The summed E-state index contributed by atoms with van der Waals surface area (Å²) in [7, 11) is 1.56. The molecule has 0 unspecified atom stereocenters. The van der Waals surface area contributed by atoms with Crippen molar-refractivity contribution < 1.29 is 9.53 Å². The first kappa shape index (κ1) is 15.6. The lowest BCUT2D eigenvalue weighted by atomic mass is 10.0. The van der Waals surface area contributed by atoms with Gasteiger partial charge in [-0.25, -0.2) is 0 Å². The Kier molecular flexibility index (Phi) is 5.02. The van der Waals surface area contributed by atoms with Gasteiger partial charge in [-0.1, -0.05) is 48.0 Å². The first-order chi connectivity index (χ1) is 10.0. The molecule has 2 aromatic rings. The number of halogens is 1. The van der Waals surface area contributed by atoms with Crippen molar-refractivity contribution in [3.8, 4) is 5.75 Å². The summed E-state index contributed by atoms with van der Waals surface area (Å²) < 4.78 is 6.15. The van der Waals surface area contributed by atoms with Crippen LogP contribution in [0.2, 0.25) is 0 Å². The topological polar surface area (TPSA) is 38.3 Å². The molecule has 0 saturated heterocycles. The SMILES string of the molecule is COc1cc(Br)ccc1C(=O)Nc1ccccc1C(C)C. The van der Waals surface area contributed by atoms with Crippen molar-refractivity contribution in [2.75, 3.05) is 12.4 Å². The molecule has 2 aromatic carbocycles. The van der Waals surface area contributed by atoms with Gasteiger partial charge in [-0.3, -0.25) is 4.79 Å². The average Bonchev–Trinajstić information content (AvgIpc) is 2.47. The maximum atomic E-state index is 12.5. The number of carbonyl (C=O) groups is 1. The summed E-state index contributed by atoms with van der Waals surface area (Å²) in [5, 5.41) is 2.97. The smallest absolute Gasteiger partial charge is 0.259 e. The van der Waals surface area contributed by atoms with E-state index in [4.69, 9.17) is 4.74 Å². The van der Waals surface area contributed by atoms with Crippen LogP contribution in [0.25, 0.3) is 0 Å². The molecule has 0 spiro atoms. The first-order valence-electron chi connectivity index (χ1n) is 6.76. The van der Waals surface area contributed by atoms with Crippen LogP contribution in [0, 0.1) is 0 Å². The number of anilines is 1. The van der Waals surface area contributed by atoms with Gasteiger partial charge in [0.15, 0.2) is 0 Å². The summed E-state index contributed by atoms with van der Waals surface area (Å²) in [4.78, 5) is 12.5. The third kappa shape index (κ3) is 3.64. The summed E-state index contributed by atoms with van der Waals surface area (Å²) in [5.74, 6) is 0.713. The Morgan fingerprint density at radius 3 is 2.57 bits per heavy atom. The molecule has 0 aliphatic heterocycles. The molecule has 0 aromatic heterocycles. The summed E-state index contributed by atoms with van der Waals surface area (Å²) in [6.07, 6.45) is 0. The minimum Gasteiger partial charge on any atom is -0.496 e. The van der Waals surface area contributed by atoms with Gasteiger partial charge in [-0.2, -0.15) is 0 Å². The average molecular weight is 348 g/mol. The van der Waals surface area contributed by atoms with E-state index in [-0.39, 0.29) is 5.91 Å². The van der Waals surface area contributed by atoms with Gasteiger partial charge in [0.1, 0.15) is 5.75 Å². The van der Waals surface area contributed by atoms with Crippen LogP contribution in [0.3, 0.4) is 0 Å². The van der Waals surface area contributed by atoms with Crippen molar-refractivity contribution in [2.45, 2.75) is 19.8 Å². The molecule has 0 fully saturated rings. The minimum atomic E-state index is -0.174. The number of rotatable bonds is 4. The third-order valence-electron chi connectivity index (χ3n) is 3.24. The third-order valence-corrected chi connectivity index (χ3v) is 3.73. The highest BCUT2D eigenvalue weighted by atomic mass is 79.9. The van der Waals surface area contributed by atoms with Crippen LogP contribution >= 0.6 is 15.9 Å². The molecule has 1 N–H and O–H groups in total. The molecule has 21 heavy (non-hydrogen) atoms. The van der Waals surface area contributed by atoms with Crippen LogP contribution in [0.15, 0.2) is 46.9 Å². The van der Waals surface area contributed by atoms with Crippen LogP contribution < -0.4 is 10.1 Å². The van der Waals surface area contributed by atoms with E-state index in [1.54, 1.807) is 19.2 Å². The number of ether oxygens (including phenoxy) is 1. The van der Waals surface area contributed by atoms with Gasteiger partial charge in [0.25, 0.3) is 5.91 Å². The number of nitrogens with one attached hydrogen (secondary N) is 1. The van der Waals surface area contributed by atoms with E-state index in [9.17, 15) is 4.79 Å². The van der Waals surface area contributed by atoms with Gasteiger partial charge in [-0.05, 0) is 35.7 Å². The quantitative estimate of drug-likeness (QED) is 0.859. The van der Waals surface area contributed by atoms with Gasteiger partial charge in [0, 0.05) is 10.2 Å². The molecular weight excluding hydrogens is 330 g/mol. The number of hydrogen-bond donors (Lipinski definition) is 1. The normalized spacial score (nSPS) is 10.5. The van der Waals surface area contributed by atoms with E-state index < -0.39 is 0 Å². The van der Waals surface area contributed by atoms with Crippen molar-refractivity contribution in [3.63, 3.8) is 0 Å². The molecule has 4 heteroatoms. The van der Waals surface area contributed by atoms with Crippen molar-refractivity contribution in [1.82, 2.24) is 0 Å². The number of benzene rings is 2. The van der Waals surface area contributed by atoms with E-state index in [0.717, 1.165) is 15.7 Å². The Labute approximate surface area is 133 Å². The Bertz CT molecular complexity index is 653. The lowest BCUT2D eigenvalue weighted by molar-refractivity contribution is 0.102. The molecule has 1 amide bonds. The van der Waals surface area contributed by atoms with Crippen LogP contribution in [0.1, 0.15) is 35.7 Å². The van der Waals surface area contributed by atoms with Gasteiger partial charge in [-0.15, -0.1) is 0 Å². The fraction of sp³-hybridized carbons (Fsp3) is 0.235. The largest absolute Gasteiger partial charge is 0.496 e. The fourth-order valence-corrected chi connectivity index (χ4v) is 2.50. The molecule has 0 aliphatic rings. The van der Waals surface area contributed by atoms with E-state index >= 15 is 0 Å². The van der Waals surface area contributed by atoms with E-state index in [2.05, 4.69) is 35.1 Å². The molecule has 0 atom stereocenters. The number of hydrogen-bond acceptors (Lipinski definition) is 2. The summed E-state index contributed by atoms with van der Waals surface area (Å²) in [5.41, 5.74) is 2.46. The molecule has 0 saturated carbocycles. The molecule has 0 bridgehead atoms. The van der Waals surface area contributed by atoms with E-state index in [1.165, 1.54) is 0 Å². The Morgan fingerprint density at radius 2 is 1.90 bits per heavy atom. The molecule has 3 nitrogen and oxygen atoms in total. The maximum absolute atomic E-state index is 12.5. The zero-order valence-electron chi connectivity index (χ0n) is 12.3. The van der Waals surface area contributed by atoms with Crippen LogP contribution in [0.4, 0.5) is 5.69 Å². The van der Waals surface area contributed by atoms with Crippen molar-refractivity contribution >= 4 is 27.5 Å².